The Balaban J connectivity index is 1.78. The number of fused-ring (bicyclic) bond motifs is 1. The molecule has 1 aromatic rings. The van der Waals surface area contributed by atoms with Crippen LogP contribution in [0.2, 0.25) is 0 Å². The summed E-state index contributed by atoms with van der Waals surface area (Å²) in [5.41, 5.74) is 1.69. The molecule has 1 amide bonds. The van der Waals surface area contributed by atoms with Crippen molar-refractivity contribution in [2.45, 2.75) is 64.7 Å². The van der Waals surface area contributed by atoms with E-state index in [1.807, 2.05) is 0 Å². The van der Waals surface area contributed by atoms with Crippen molar-refractivity contribution < 1.29 is 14.7 Å². The number of carbonyl (C=O) groups excluding carboxylic acids is 1. The molecule has 2 aliphatic rings. The summed E-state index contributed by atoms with van der Waals surface area (Å²) in [6.45, 7) is 2.19. The predicted molar refractivity (Wildman–Crippen MR) is 101 cm³/mol. The number of thiophene rings is 1. The number of rotatable bonds is 5. The molecule has 140 valence electrons. The third kappa shape index (κ3) is 3.78. The number of amides is 1. The first-order valence-electron chi connectivity index (χ1n) is 9.63. The molecule has 1 saturated carbocycles. The maximum absolute atomic E-state index is 12.8. The molecule has 1 fully saturated rings. The number of carbonyl (C=O) groups is 2. The molecular formula is C20H26N2O3S. The van der Waals surface area contributed by atoms with Gasteiger partial charge in [0.1, 0.15) is 11.1 Å². The van der Waals surface area contributed by atoms with Gasteiger partial charge in [-0.2, -0.15) is 5.26 Å². The van der Waals surface area contributed by atoms with Crippen molar-refractivity contribution >= 4 is 28.2 Å². The summed E-state index contributed by atoms with van der Waals surface area (Å²) in [5.74, 6) is -1.58. The highest BCUT2D eigenvalue weighted by Gasteiger charge is 2.36. The Hall–Kier alpha value is -1.87. The van der Waals surface area contributed by atoms with Crippen molar-refractivity contribution in [1.82, 2.24) is 0 Å². The zero-order valence-electron chi connectivity index (χ0n) is 15.2. The standard InChI is InChI=1S/C20H26N2O3S/c1-2-5-12-8-9-13-16(11-21)19(26-17(13)10-12)22-18(23)14-6-3-4-7-15(14)20(24)25/h12,14-15H,2-10H2,1H3,(H,22,23)(H,24,25)/t12-,14+,15-/m0/s1. The number of carboxylic acid groups (broad SMARTS) is 1. The molecule has 0 radical (unpaired) electrons. The second kappa shape index (κ2) is 8.22. The molecule has 26 heavy (non-hydrogen) atoms. The Kier molecular flexibility index (Phi) is 5.98. The van der Waals surface area contributed by atoms with Crippen LogP contribution in [0, 0.1) is 29.1 Å². The number of hydrogen-bond acceptors (Lipinski definition) is 4. The zero-order chi connectivity index (χ0) is 18.7. The fraction of sp³-hybridized carbons (Fsp3) is 0.650. The number of nitrogens with zero attached hydrogens (tertiary/aromatic N) is 1. The second-order valence-electron chi connectivity index (χ2n) is 7.54. The van der Waals surface area contributed by atoms with Crippen LogP contribution in [0.4, 0.5) is 5.00 Å². The molecular weight excluding hydrogens is 348 g/mol. The Morgan fingerprint density at radius 3 is 2.65 bits per heavy atom. The fourth-order valence-corrected chi connectivity index (χ4v) is 5.78. The summed E-state index contributed by atoms with van der Waals surface area (Å²) in [4.78, 5) is 25.4. The maximum atomic E-state index is 12.8. The predicted octanol–water partition coefficient (Wildman–Crippen LogP) is 4.35. The Bertz CT molecular complexity index is 734. The zero-order valence-corrected chi connectivity index (χ0v) is 16.0. The summed E-state index contributed by atoms with van der Waals surface area (Å²) in [6.07, 6.45) is 8.25. The van der Waals surface area contributed by atoms with Crippen LogP contribution in [-0.4, -0.2) is 17.0 Å². The van der Waals surface area contributed by atoms with Gasteiger partial charge in [0.05, 0.1) is 17.4 Å². The Morgan fingerprint density at radius 2 is 2.00 bits per heavy atom. The first-order valence-corrected chi connectivity index (χ1v) is 10.4. The second-order valence-corrected chi connectivity index (χ2v) is 8.65. The van der Waals surface area contributed by atoms with Crippen molar-refractivity contribution in [2.24, 2.45) is 17.8 Å². The van der Waals surface area contributed by atoms with Gasteiger partial charge in [-0.05, 0) is 43.6 Å². The van der Waals surface area contributed by atoms with E-state index in [1.54, 1.807) is 0 Å². The summed E-state index contributed by atoms with van der Waals surface area (Å²) in [7, 11) is 0. The van der Waals surface area contributed by atoms with Gasteiger partial charge in [0.15, 0.2) is 0 Å². The fourth-order valence-electron chi connectivity index (χ4n) is 4.46. The number of nitrogens with one attached hydrogen (secondary N) is 1. The lowest BCUT2D eigenvalue weighted by Gasteiger charge is -2.27. The van der Waals surface area contributed by atoms with E-state index in [0.717, 1.165) is 37.7 Å². The van der Waals surface area contributed by atoms with E-state index in [9.17, 15) is 20.0 Å². The Morgan fingerprint density at radius 1 is 1.27 bits per heavy atom. The van der Waals surface area contributed by atoms with Crippen LogP contribution in [0.1, 0.15) is 67.9 Å². The highest BCUT2D eigenvalue weighted by molar-refractivity contribution is 7.16. The summed E-state index contributed by atoms with van der Waals surface area (Å²) >= 11 is 1.52. The smallest absolute Gasteiger partial charge is 0.307 e. The monoisotopic (exact) mass is 374 g/mol. The van der Waals surface area contributed by atoms with Gasteiger partial charge in [-0.3, -0.25) is 9.59 Å². The largest absolute Gasteiger partial charge is 0.481 e. The first-order chi connectivity index (χ1) is 12.5. The van der Waals surface area contributed by atoms with Gasteiger partial charge >= 0.3 is 5.97 Å². The van der Waals surface area contributed by atoms with Crippen molar-refractivity contribution in [1.29, 1.82) is 5.26 Å². The molecule has 1 heterocycles. The molecule has 2 aliphatic carbocycles. The van der Waals surface area contributed by atoms with Gasteiger partial charge in [0, 0.05) is 4.88 Å². The molecule has 0 spiro atoms. The van der Waals surface area contributed by atoms with E-state index in [0.29, 0.717) is 29.3 Å². The molecule has 3 rings (SSSR count). The first kappa shape index (κ1) is 18.9. The third-order valence-electron chi connectivity index (χ3n) is 5.83. The lowest BCUT2D eigenvalue weighted by molar-refractivity contribution is -0.147. The minimum atomic E-state index is -0.891. The molecule has 3 atom stereocenters. The van der Waals surface area contributed by atoms with E-state index in [4.69, 9.17) is 0 Å². The highest BCUT2D eigenvalue weighted by Crippen LogP contribution is 2.41. The number of aliphatic carboxylic acids is 1. The van der Waals surface area contributed by atoms with Crippen LogP contribution in [-0.2, 0) is 22.4 Å². The number of nitriles is 1. The van der Waals surface area contributed by atoms with E-state index in [1.165, 1.54) is 29.1 Å². The molecule has 0 saturated heterocycles. The summed E-state index contributed by atoms with van der Waals surface area (Å²) in [6, 6.07) is 2.27. The van der Waals surface area contributed by atoms with Crippen molar-refractivity contribution in [3.63, 3.8) is 0 Å². The molecule has 6 heteroatoms. The minimum absolute atomic E-state index is 0.239. The van der Waals surface area contributed by atoms with Crippen molar-refractivity contribution in [2.75, 3.05) is 5.32 Å². The number of hydrogen-bond donors (Lipinski definition) is 2. The number of carboxylic acids is 1. The van der Waals surface area contributed by atoms with Gasteiger partial charge in [0.25, 0.3) is 0 Å². The third-order valence-corrected chi connectivity index (χ3v) is 7.00. The molecule has 0 unspecified atom stereocenters. The lowest BCUT2D eigenvalue weighted by atomic mass is 9.78. The van der Waals surface area contributed by atoms with Gasteiger partial charge < -0.3 is 10.4 Å². The van der Waals surface area contributed by atoms with E-state index < -0.39 is 17.8 Å². The van der Waals surface area contributed by atoms with Crippen molar-refractivity contribution in [3.8, 4) is 6.07 Å². The average Bonchev–Trinajstić information content (AvgIpc) is 2.98. The van der Waals surface area contributed by atoms with Crippen LogP contribution in [0.25, 0.3) is 0 Å². The normalized spacial score (nSPS) is 25.2. The molecule has 0 bridgehead atoms. The van der Waals surface area contributed by atoms with Gasteiger partial charge in [-0.1, -0.05) is 32.6 Å². The van der Waals surface area contributed by atoms with E-state index in [2.05, 4.69) is 18.3 Å². The van der Waals surface area contributed by atoms with Crippen LogP contribution >= 0.6 is 11.3 Å². The minimum Gasteiger partial charge on any atom is -0.481 e. The molecule has 0 aromatic carbocycles. The van der Waals surface area contributed by atoms with Gasteiger partial charge in [0.2, 0.25) is 5.91 Å². The van der Waals surface area contributed by atoms with Gasteiger partial charge in [-0.25, -0.2) is 0 Å². The van der Waals surface area contributed by atoms with E-state index in [-0.39, 0.29) is 5.91 Å². The lowest BCUT2D eigenvalue weighted by Crippen LogP contribution is -2.36. The molecule has 5 nitrogen and oxygen atoms in total. The van der Waals surface area contributed by atoms with E-state index >= 15 is 0 Å². The average molecular weight is 375 g/mol. The van der Waals surface area contributed by atoms with Crippen molar-refractivity contribution in [3.05, 3.63) is 16.0 Å². The topological polar surface area (TPSA) is 90.2 Å². The van der Waals surface area contributed by atoms with Crippen LogP contribution in [0.3, 0.4) is 0 Å². The number of anilines is 1. The summed E-state index contributed by atoms with van der Waals surface area (Å²) < 4.78 is 0. The maximum Gasteiger partial charge on any atom is 0.307 e. The Labute approximate surface area is 158 Å². The van der Waals surface area contributed by atoms with Crippen LogP contribution in [0.15, 0.2) is 0 Å². The van der Waals surface area contributed by atoms with Crippen LogP contribution < -0.4 is 5.32 Å². The summed E-state index contributed by atoms with van der Waals surface area (Å²) in [5, 5.41) is 22.5. The quantitative estimate of drug-likeness (QED) is 0.801. The highest BCUT2D eigenvalue weighted by atomic mass is 32.1. The van der Waals surface area contributed by atoms with Gasteiger partial charge in [-0.15, -0.1) is 11.3 Å². The molecule has 2 N–H and O–H groups in total. The molecule has 0 aliphatic heterocycles. The van der Waals surface area contributed by atoms with Crippen LogP contribution in [0.5, 0.6) is 0 Å². The SMILES string of the molecule is CCC[C@H]1CCc2c(sc(NC(=O)[C@@H]3CCCC[C@@H]3C(=O)O)c2C#N)C1. The molecule has 1 aromatic heterocycles.